The molecule has 0 saturated carbocycles. The fourth-order valence-electron chi connectivity index (χ4n) is 2.31. The molecule has 2 N–H and O–H groups in total. The zero-order valence-electron chi connectivity index (χ0n) is 12.9. The fourth-order valence-corrected chi connectivity index (χ4v) is 2.31. The minimum atomic E-state index is 0.242. The maximum absolute atomic E-state index is 5.96. The Morgan fingerprint density at radius 1 is 1.11 bits per heavy atom. The van der Waals surface area contributed by atoms with E-state index >= 15 is 0 Å². The molecule has 0 aliphatic heterocycles. The molecule has 0 bridgehead atoms. The Hall–Kier alpha value is -0.900. The predicted octanol–water partition coefficient (Wildman–Crippen LogP) is 2.78. The highest BCUT2D eigenvalue weighted by Crippen LogP contribution is 2.23. The van der Waals surface area contributed by atoms with E-state index in [1.807, 2.05) is 0 Å². The number of hydrogen-bond acceptors (Lipinski definition) is 3. The molecular weight excluding hydrogens is 236 g/mol. The molecule has 0 fully saturated rings. The summed E-state index contributed by atoms with van der Waals surface area (Å²) in [6.45, 7) is 7.92. The van der Waals surface area contributed by atoms with Crippen molar-refractivity contribution in [1.29, 1.82) is 0 Å². The molecule has 0 aliphatic rings. The van der Waals surface area contributed by atoms with Gasteiger partial charge in [0.05, 0.1) is 6.61 Å². The third-order valence-corrected chi connectivity index (χ3v) is 3.81. The Bertz CT molecular complexity index is 362. The largest absolute Gasteiger partial charge is 0.383 e. The van der Waals surface area contributed by atoms with Crippen LogP contribution in [0.2, 0.25) is 0 Å². The van der Waals surface area contributed by atoms with Crippen molar-refractivity contribution in [3.63, 3.8) is 0 Å². The monoisotopic (exact) mass is 264 g/mol. The molecule has 0 saturated heterocycles. The van der Waals surface area contributed by atoms with E-state index in [4.69, 9.17) is 10.5 Å². The Morgan fingerprint density at radius 3 is 2.05 bits per heavy atom. The summed E-state index contributed by atoms with van der Waals surface area (Å²) in [4.78, 5) is 2.29. The molecule has 0 heterocycles. The zero-order valence-corrected chi connectivity index (χ0v) is 12.9. The molecule has 2 unspecified atom stereocenters. The summed E-state index contributed by atoms with van der Waals surface area (Å²) in [5.41, 5.74) is 8.60. The summed E-state index contributed by atoms with van der Waals surface area (Å²) in [5.74, 6) is 0.565. The minimum absolute atomic E-state index is 0.242. The quantitative estimate of drug-likeness (QED) is 0.823. The van der Waals surface area contributed by atoms with Gasteiger partial charge in [0.1, 0.15) is 0 Å². The van der Waals surface area contributed by atoms with E-state index in [0.717, 1.165) is 6.61 Å². The Labute approximate surface area is 117 Å². The second-order valence-electron chi connectivity index (χ2n) is 5.54. The lowest BCUT2D eigenvalue weighted by Gasteiger charge is -2.32. The first-order valence-corrected chi connectivity index (χ1v) is 7.02. The van der Waals surface area contributed by atoms with Gasteiger partial charge in [-0.05, 0) is 31.0 Å². The average molecular weight is 264 g/mol. The number of nitrogens with two attached hydrogens (primary N) is 1. The van der Waals surface area contributed by atoms with E-state index in [2.05, 4.69) is 57.0 Å². The number of benzene rings is 1. The fraction of sp³-hybridized carbons (Fsp3) is 0.625. The molecule has 0 aromatic heterocycles. The summed E-state index contributed by atoms with van der Waals surface area (Å²) in [6.07, 6.45) is 0. The molecule has 3 nitrogen and oxygen atoms in total. The maximum Gasteiger partial charge on any atom is 0.0615 e. The van der Waals surface area contributed by atoms with Crippen molar-refractivity contribution >= 4 is 0 Å². The summed E-state index contributed by atoms with van der Waals surface area (Å²) in [5, 5.41) is 0. The maximum atomic E-state index is 5.96. The number of rotatable bonds is 7. The van der Waals surface area contributed by atoms with Crippen LogP contribution < -0.4 is 5.73 Å². The van der Waals surface area contributed by atoms with Crippen LogP contribution in [0.15, 0.2) is 24.3 Å². The predicted molar refractivity (Wildman–Crippen MR) is 81.4 cm³/mol. The van der Waals surface area contributed by atoms with E-state index in [9.17, 15) is 0 Å². The molecule has 2 atom stereocenters. The van der Waals surface area contributed by atoms with Crippen molar-refractivity contribution in [1.82, 2.24) is 4.90 Å². The number of methoxy groups -OCH3 is 1. The smallest absolute Gasteiger partial charge is 0.0615 e. The van der Waals surface area contributed by atoms with Crippen molar-refractivity contribution in [2.75, 3.05) is 27.3 Å². The van der Waals surface area contributed by atoms with Crippen molar-refractivity contribution in [3.8, 4) is 0 Å². The third kappa shape index (κ3) is 4.30. The first-order chi connectivity index (χ1) is 9.01. The van der Waals surface area contributed by atoms with Gasteiger partial charge < -0.3 is 10.5 Å². The minimum Gasteiger partial charge on any atom is -0.383 e. The number of likely N-dealkylation sites (N-methyl/N-ethyl adjacent to an activating group) is 1. The molecule has 0 radical (unpaired) electrons. The number of nitrogens with zero attached hydrogens (tertiary/aromatic N) is 1. The SMILES string of the molecule is COCC(C)N(C)C(CN)c1ccc(C(C)C)cc1. The van der Waals surface area contributed by atoms with E-state index in [0.29, 0.717) is 18.5 Å². The summed E-state index contributed by atoms with van der Waals surface area (Å²) in [7, 11) is 3.84. The van der Waals surface area contributed by atoms with Gasteiger partial charge in [-0.15, -0.1) is 0 Å². The normalized spacial score (nSPS) is 14.9. The van der Waals surface area contributed by atoms with Gasteiger partial charge in [-0.2, -0.15) is 0 Å². The first kappa shape index (κ1) is 16.2. The van der Waals surface area contributed by atoms with Gasteiger partial charge in [0.15, 0.2) is 0 Å². The molecule has 19 heavy (non-hydrogen) atoms. The van der Waals surface area contributed by atoms with Gasteiger partial charge in [0, 0.05) is 25.7 Å². The molecule has 3 heteroatoms. The topological polar surface area (TPSA) is 38.5 Å². The van der Waals surface area contributed by atoms with Crippen molar-refractivity contribution < 1.29 is 4.74 Å². The van der Waals surface area contributed by atoms with E-state index in [1.54, 1.807) is 7.11 Å². The molecular formula is C16H28N2O. The highest BCUT2D eigenvalue weighted by atomic mass is 16.5. The van der Waals surface area contributed by atoms with Crippen LogP contribution in [-0.4, -0.2) is 38.3 Å². The summed E-state index contributed by atoms with van der Waals surface area (Å²) >= 11 is 0. The van der Waals surface area contributed by atoms with Crippen LogP contribution in [0.25, 0.3) is 0 Å². The zero-order chi connectivity index (χ0) is 14.4. The first-order valence-electron chi connectivity index (χ1n) is 7.02. The highest BCUT2D eigenvalue weighted by molar-refractivity contribution is 5.27. The Kier molecular flexibility index (Phi) is 6.49. The Morgan fingerprint density at radius 2 is 1.63 bits per heavy atom. The standard InChI is InChI=1S/C16H28N2O/c1-12(2)14-6-8-15(9-7-14)16(10-17)18(4)13(3)11-19-5/h6-9,12-13,16H,10-11,17H2,1-5H3. The Balaban J connectivity index is 2.84. The van der Waals surface area contributed by atoms with Gasteiger partial charge in [-0.3, -0.25) is 4.90 Å². The van der Waals surface area contributed by atoms with Crippen molar-refractivity contribution in [2.45, 2.75) is 38.8 Å². The van der Waals surface area contributed by atoms with Crippen molar-refractivity contribution in [2.24, 2.45) is 5.73 Å². The van der Waals surface area contributed by atoms with Gasteiger partial charge in [0.2, 0.25) is 0 Å². The van der Waals surface area contributed by atoms with Crippen LogP contribution in [0.3, 0.4) is 0 Å². The van der Waals surface area contributed by atoms with E-state index in [1.165, 1.54) is 11.1 Å². The lowest BCUT2D eigenvalue weighted by Crippen LogP contribution is -2.39. The number of hydrogen-bond donors (Lipinski definition) is 1. The van der Waals surface area contributed by atoms with Gasteiger partial charge in [0.25, 0.3) is 0 Å². The molecule has 0 aliphatic carbocycles. The van der Waals surface area contributed by atoms with Gasteiger partial charge in [-0.1, -0.05) is 38.1 Å². The van der Waals surface area contributed by atoms with Crippen LogP contribution in [-0.2, 0) is 4.74 Å². The molecule has 1 aromatic carbocycles. The van der Waals surface area contributed by atoms with Crippen LogP contribution in [0.4, 0.5) is 0 Å². The highest BCUT2D eigenvalue weighted by Gasteiger charge is 2.20. The van der Waals surface area contributed by atoms with Crippen LogP contribution >= 0.6 is 0 Å². The van der Waals surface area contributed by atoms with E-state index < -0.39 is 0 Å². The molecule has 0 amide bonds. The summed E-state index contributed by atoms with van der Waals surface area (Å²) in [6, 6.07) is 9.40. The van der Waals surface area contributed by atoms with Crippen LogP contribution in [0.1, 0.15) is 43.9 Å². The van der Waals surface area contributed by atoms with Crippen LogP contribution in [0, 0.1) is 0 Å². The molecule has 0 spiro atoms. The third-order valence-electron chi connectivity index (χ3n) is 3.81. The second-order valence-corrected chi connectivity index (χ2v) is 5.54. The lowest BCUT2D eigenvalue weighted by atomic mass is 9.98. The van der Waals surface area contributed by atoms with Gasteiger partial charge in [-0.25, -0.2) is 0 Å². The van der Waals surface area contributed by atoms with E-state index in [-0.39, 0.29) is 6.04 Å². The van der Waals surface area contributed by atoms with Gasteiger partial charge >= 0.3 is 0 Å². The molecule has 1 aromatic rings. The molecule has 108 valence electrons. The lowest BCUT2D eigenvalue weighted by molar-refractivity contribution is 0.0910. The van der Waals surface area contributed by atoms with Crippen LogP contribution in [0.5, 0.6) is 0 Å². The number of ether oxygens (including phenoxy) is 1. The van der Waals surface area contributed by atoms with Crippen molar-refractivity contribution in [3.05, 3.63) is 35.4 Å². The second kappa shape index (κ2) is 7.63. The summed E-state index contributed by atoms with van der Waals surface area (Å²) < 4.78 is 5.22. The average Bonchev–Trinajstić information content (AvgIpc) is 2.40. The molecule has 1 rings (SSSR count).